The second kappa shape index (κ2) is 4.16. The summed E-state index contributed by atoms with van der Waals surface area (Å²) in [7, 11) is 0. The molecule has 1 N–H and O–H groups in total. The maximum Gasteiger partial charge on any atom is 0.573 e. The van der Waals surface area contributed by atoms with Gasteiger partial charge in [-0.05, 0) is 17.3 Å². The van der Waals surface area contributed by atoms with Gasteiger partial charge in [0.1, 0.15) is 5.52 Å². The number of alkyl halides is 3. The van der Waals surface area contributed by atoms with Gasteiger partial charge in [0.05, 0.1) is 10.2 Å². The zero-order chi connectivity index (χ0) is 13.5. The maximum atomic E-state index is 12.4. The Kier molecular flexibility index (Phi) is 2.59. The molecule has 2 heterocycles. The standard InChI is InChI=1S/C9H4F3N5OS/c10-9(11,12)18-5-1-4(8-14-16-17-15-8)2-6-7(5)13-3-19-6/h1-3H,(H,14,15,16,17). The van der Waals surface area contributed by atoms with Crippen LogP contribution < -0.4 is 4.74 Å². The van der Waals surface area contributed by atoms with E-state index in [1.165, 1.54) is 22.9 Å². The Hall–Kier alpha value is -2.23. The number of ether oxygens (including phenoxy) is 1. The highest BCUT2D eigenvalue weighted by atomic mass is 32.1. The quantitative estimate of drug-likeness (QED) is 0.783. The second-order valence-corrected chi connectivity index (χ2v) is 4.34. The highest BCUT2D eigenvalue weighted by Crippen LogP contribution is 2.35. The lowest BCUT2D eigenvalue weighted by atomic mass is 10.2. The monoisotopic (exact) mass is 287 g/mol. The number of tetrazole rings is 1. The third-order valence-electron chi connectivity index (χ3n) is 2.23. The highest BCUT2D eigenvalue weighted by Gasteiger charge is 2.32. The van der Waals surface area contributed by atoms with Crippen LogP contribution in [0.25, 0.3) is 21.6 Å². The molecule has 0 aliphatic heterocycles. The first-order chi connectivity index (χ1) is 9.03. The van der Waals surface area contributed by atoms with Gasteiger partial charge in [-0.1, -0.05) is 0 Å². The summed E-state index contributed by atoms with van der Waals surface area (Å²) in [6.07, 6.45) is -4.79. The number of hydrogen-bond donors (Lipinski definition) is 1. The molecule has 0 unspecified atom stereocenters. The zero-order valence-corrected chi connectivity index (χ0v) is 9.79. The first kappa shape index (κ1) is 11.8. The summed E-state index contributed by atoms with van der Waals surface area (Å²) < 4.78 is 41.6. The summed E-state index contributed by atoms with van der Waals surface area (Å²) in [5, 5.41) is 13.0. The van der Waals surface area contributed by atoms with Crippen LogP contribution in [0, 0.1) is 0 Å². The van der Waals surface area contributed by atoms with Crippen LogP contribution in [0.1, 0.15) is 0 Å². The third kappa shape index (κ3) is 2.34. The number of fused-ring (bicyclic) bond motifs is 1. The van der Waals surface area contributed by atoms with Gasteiger partial charge in [0.2, 0.25) is 5.82 Å². The maximum absolute atomic E-state index is 12.4. The van der Waals surface area contributed by atoms with Crippen molar-refractivity contribution in [3.63, 3.8) is 0 Å². The number of halogens is 3. The zero-order valence-electron chi connectivity index (χ0n) is 8.97. The third-order valence-corrected chi connectivity index (χ3v) is 3.01. The van der Waals surface area contributed by atoms with Gasteiger partial charge in [-0.25, -0.2) is 4.98 Å². The van der Waals surface area contributed by atoms with Crippen LogP contribution >= 0.6 is 11.3 Å². The van der Waals surface area contributed by atoms with Crippen LogP contribution in [0.4, 0.5) is 13.2 Å². The normalized spacial score (nSPS) is 11.9. The first-order valence-corrected chi connectivity index (χ1v) is 5.78. The van der Waals surface area contributed by atoms with Crippen molar-refractivity contribution in [2.75, 3.05) is 0 Å². The van der Waals surface area contributed by atoms with Gasteiger partial charge in [-0.3, -0.25) is 0 Å². The fourth-order valence-corrected chi connectivity index (χ4v) is 2.28. The number of aromatic amines is 1. The molecular formula is C9H4F3N5OS. The summed E-state index contributed by atoms with van der Waals surface area (Å²) in [4.78, 5) is 3.85. The Morgan fingerprint density at radius 3 is 2.79 bits per heavy atom. The Morgan fingerprint density at radius 2 is 2.11 bits per heavy atom. The molecule has 3 rings (SSSR count). The highest BCUT2D eigenvalue weighted by molar-refractivity contribution is 7.16. The molecule has 2 aromatic heterocycles. The van der Waals surface area contributed by atoms with Gasteiger partial charge in [0, 0.05) is 5.56 Å². The van der Waals surface area contributed by atoms with Crippen LogP contribution in [0.5, 0.6) is 5.75 Å². The van der Waals surface area contributed by atoms with E-state index >= 15 is 0 Å². The van der Waals surface area contributed by atoms with E-state index < -0.39 is 6.36 Å². The van der Waals surface area contributed by atoms with E-state index in [1.54, 1.807) is 6.07 Å². The average molecular weight is 287 g/mol. The number of benzene rings is 1. The Morgan fingerprint density at radius 1 is 1.26 bits per heavy atom. The molecule has 0 aliphatic carbocycles. The Labute approximate surface area is 107 Å². The predicted molar refractivity (Wildman–Crippen MR) is 59.5 cm³/mol. The van der Waals surface area contributed by atoms with Crippen molar-refractivity contribution in [2.24, 2.45) is 0 Å². The van der Waals surface area contributed by atoms with E-state index in [2.05, 4.69) is 30.3 Å². The van der Waals surface area contributed by atoms with Crippen molar-refractivity contribution in [2.45, 2.75) is 6.36 Å². The number of nitrogens with zero attached hydrogens (tertiary/aromatic N) is 4. The average Bonchev–Trinajstić information content (AvgIpc) is 2.97. The molecule has 6 nitrogen and oxygen atoms in total. The number of thiazole rings is 1. The number of hydrogen-bond acceptors (Lipinski definition) is 6. The smallest absolute Gasteiger partial charge is 0.403 e. The van der Waals surface area contributed by atoms with Crippen molar-refractivity contribution < 1.29 is 17.9 Å². The predicted octanol–water partition coefficient (Wildman–Crippen LogP) is 2.38. The number of H-pyrrole nitrogens is 1. The molecule has 19 heavy (non-hydrogen) atoms. The molecule has 0 bridgehead atoms. The van der Waals surface area contributed by atoms with Gasteiger partial charge in [0.15, 0.2) is 5.75 Å². The molecule has 0 radical (unpaired) electrons. The van der Waals surface area contributed by atoms with Crippen molar-refractivity contribution in [3.8, 4) is 17.1 Å². The summed E-state index contributed by atoms with van der Waals surface area (Å²) >= 11 is 1.19. The molecule has 0 spiro atoms. The molecule has 1 aromatic carbocycles. The van der Waals surface area contributed by atoms with E-state index in [-0.39, 0.29) is 17.1 Å². The molecule has 0 aliphatic rings. The fraction of sp³-hybridized carbons (Fsp3) is 0.111. The minimum atomic E-state index is -4.79. The number of rotatable bonds is 2. The van der Waals surface area contributed by atoms with Crippen LogP contribution in [0.15, 0.2) is 17.6 Å². The van der Waals surface area contributed by atoms with Crippen LogP contribution in [0.3, 0.4) is 0 Å². The van der Waals surface area contributed by atoms with Crippen LogP contribution in [0.2, 0.25) is 0 Å². The topological polar surface area (TPSA) is 76.6 Å². The summed E-state index contributed by atoms with van der Waals surface area (Å²) in [6, 6.07) is 2.81. The summed E-state index contributed by atoms with van der Waals surface area (Å²) in [5.41, 5.74) is 1.95. The summed E-state index contributed by atoms with van der Waals surface area (Å²) in [5.74, 6) is -0.201. The number of aromatic nitrogens is 5. The van der Waals surface area contributed by atoms with E-state index in [0.29, 0.717) is 10.3 Å². The minimum absolute atomic E-state index is 0.148. The molecule has 0 fully saturated rings. The van der Waals surface area contributed by atoms with Crippen LogP contribution in [-0.2, 0) is 0 Å². The van der Waals surface area contributed by atoms with E-state index in [9.17, 15) is 13.2 Å². The van der Waals surface area contributed by atoms with Crippen molar-refractivity contribution in [1.29, 1.82) is 0 Å². The lowest BCUT2D eigenvalue weighted by Crippen LogP contribution is -2.17. The molecule has 10 heteroatoms. The Balaban J connectivity index is 2.16. The minimum Gasteiger partial charge on any atom is -0.403 e. The van der Waals surface area contributed by atoms with Gasteiger partial charge in [-0.2, -0.15) is 5.21 Å². The molecule has 98 valence electrons. The molecule has 0 saturated heterocycles. The van der Waals surface area contributed by atoms with E-state index in [1.807, 2.05) is 0 Å². The second-order valence-electron chi connectivity index (χ2n) is 3.46. The molecule has 0 amide bonds. The Bertz CT molecular complexity index is 708. The summed E-state index contributed by atoms with van der Waals surface area (Å²) in [6.45, 7) is 0. The van der Waals surface area contributed by atoms with E-state index in [0.717, 1.165) is 0 Å². The van der Waals surface area contributed by atoms with E-state index in [4.69, 9.17) is 0 Å². The van der Waals surface area contributed by atoms with Gasteiger partial charge >= 0.3 is 6.36 Å². The van der Waals surface area contributed by atoms with Crippen molar-refractivity contribution in [3.05, 3.63) is 17.6 Å². The van der Waals surface area contributed by atoms with Gasteiger partial charge in [0.25, 0.3) is 0 Å². The largest absolute Gasteiger partial charge is 0.573 e. The van der Waals surface area contributed by atoms with Crippen molar-refractivity contribution in [1.82, 2.24) is 25.6 Å². The molecule has 0 atom stereocenters. The number of nitrogens with one attached hydrogen (secondary N) is 1. The lowest BCUT2D eigenvalue weighted by molar-refractivity contribution is -0.274. The van der Waals surface area contributed by atoms with Crippen molar-refractivity contribution >= 4 is 21.6 Å². The van der Waals surface area contributed by atoms with Gasteiger partial charge < -0.3 is 4.74 Å². The first-order valence-electron chi connectivity index (χ1n) is 4.90. The molecule has 3 aromatic rings. The molecular weight excluding hydrogens is 283 g/mol. The molecule has 0 saturated carbocycles. The lowest BCUT2D eigenvalue weighted by Gasteiger charge is -2.10. The SMILES string of the molecule is FC(F)(F)Oc1cc(-c2nn[nH]n2)cc2scnc12. The van der Waals surface area contributed by atoms with Gasteiger partial charge in [-0.15, -0.1) is 34.7 Å². The van der Waals surface area contributed by atoms with Crippen LogP contribution in [-0.4, -0.2) is 32.0 Å². The fourth-order valence-electron chi connectivity index (χ4n) is 1.55.